The smallest absolute Gasteiger partial charge is 0.231 e. The zero-order valence-electron chi connectivity index (χ0n) is 6.09. The molecule has 0 aromatic heterocycles. The first kappa shape index (κ1) is 7.54. The van der Waals surface area contributed by atoms with Crippen LogP contribution >= 0.6 is 0 Å². The van der Waals surface area contributed by atoms with E-state index in [2.05, 4.69) is 15.6 Å². The van der Waals surface area contributed by atoms with Crippen LogP contribution in [0.3, 0.4) is 0 Å². The zero-order valence-corrected chi connectivity index (χ0v) is 6.09. The highest BCUT2D eigenvalue weighted by Crippen LogP contribution is 1.99. The predicted octanol–water partition coefficient (Wildman–Crippen LogP) is -0.821. The van der Waals surface area contributed by atoms with Crippen molar-refractivity contribution in [2.24, 2.45) is 10.9 Å². The van der Waals surface area contributed by atoms with Crippen molar-refractivity contribution in [2.75, 3.05) is 6.54 Å². The maximum Gasteiger partial charge on any atom is 0.231 e. The molecule has 1 amide bonds. The Kier molecular flexibility index (Phi) is 2.06. The Labute approximate surface area is 64.1 Å². The minimum atomic E-state index is -0.0993. The van der Waals surface area contributed by atoms with Gasteiger partial charge < -0.3 is 0 Å². The number of nitrogens with one attached hydrogen (secondary N) is 2. The van der Waals surface area contributed by atoms with E-state index in [1.165, 1.54) is 0 Å². The van der Waals surface area contributed by atoms with Crippen LogP contribution in [0.1, 0.15) is 6.92 Å². The molecule has 5 nitrogen and oxygen atoms in total. The van der Waals surface area contributed by atoms with Crippen LogP contribution in [0.15, 0.2) is 4.99 Å². The first-order valence-electron chi connectivity index (χ1n) is 3.24. The van der Waals surface area contributed by atoms with Gasteiger partial charge in [0.1, 0.15) is 0 Å². The largest absolute Gasteiger partial charge is 0.296 e. The zero-order chi connectivity index (χ0) is 8.27. The third-order valence-corrected chi connectivity index (χ3v) is 1.39. The van der Waals surface area contributed by atoms with Crippen molar-refractivity contribution >= 4 is 11.9 Å². The van der Waals surface area contributed by atoms with Gasteiger partial charge in [-0.1, -0.05) is 6.92 Å². The van der Waals surface area contributed by atoms with Crippen molar-refractivity contribution in [3.8, 4) is 6.19 Å². The first-order valence-corrected chi connectivity index (χ1v) is 3.24. The number of nitrogens with zero attached hydrogens (tertiary/aromatic N) is 2. The normalized spacial score (nSPS) is 23.1. The van der Waals surface area contributed by atoms with Gasteiger partial charge in [-0.15, -0.1) is 0 Å². The number of hydrogen-bond acceptors (Lipinski definition) is 4. The first-order chi connectivity index (χ1) is 5.24. The van der Waals surface area contributed by atoms with Gasteiger partial charge in [-0.3, -0.25) is 20.4 Å². The van der Waals surface area contributed by atoms with Crippen LogP contribution in [0.25, 0.3) is 0 Å². The molecule has 0 aromatic carbocycles. The Morgan fingerprint density at radius 3 is 3.18 bits per heavy atom. The lowest BCUT2D eigenvalue weighted by atomic mass is 10.1. The average Bonchev–Trinajstić information content (AvgIpc) is 1.98. The monoisotopic (exact) mass is 152 g/mol. The number of carbonyl (C=O) groups excluding carboxylic acids is 1. The molecule has 0 radical (unpaired) electrons. The summed E-state index contributed by atoms with van der Waals surface area (Å²) in [6.45, 7) is 2.22. The molecule has 0 saturated carbocycles. The van der Waals surface area contributed by atoms with Crippen LogP contribution in [0.4, 0.5) is 0 Å². The molecule has 1 aliphatic heterocycles. The number of rotatable bonds is 0. The summed E-state index contributed by atoms with van der Waals surface area (Å²) in [6.07, 6.45) is 1.68. The number of carbonyl (C=O) groups is 1. The molecule has 1 rings (SSSR count). The number of guanidine groups is 1. The second kappa shape index (κ2) is 3.01. The van der Waals surface area contributed by atoms with Crippen LogP contribution < -0.4 is 10.6 Å². The summed E-state index contributed by atoms with van der Waals surface area (Å²) >= 11 is 0. The van der Waals surface area contributed by atoms with Crippen LogP contribution in [0.2, 0.25) is 0 Å². The van der Waals surface area contributed by atoms with Gasteiger partial charge in [-0.2, -0.15) is 5.26 Å². The molecule has 2 N–H and O–H groups in total. The topological polar surface area (TPSA) is 77.3 Å². The Bertz CT molecular complexity index is 239. The van der Waals surface area contributed by atoms with Crippen LogP contribution in [-0.2, 0) is 4.79 Å². The van der Waals surface area contributed by atoms with E-state index >= 15 is 0 Å². The molecule has 1 heterocycles. The van der Waals surface area contributed by atoms with Crippen molar-refractivity contribution in [3.63, 3.8) is 0 Å². The molecule has 0 aromatic rings. The number of amides is 1. The van der Waals surface area contributed by atoms with E-state index in [1.54, 1.807) is 13.1 Å². The number of aliphatic imine (C=N–C) groups is 1. The molecule has 58 valence electrons. The maximum atomic E-state index is 10.9. The Hall–Kier alpha value is -1.57. The molecule has 0 spiro atoms. The molecular formula is C6H8N4O. The fourth-order valence-electron chi connectivity index (χ4n) is 0.714. The molecule has 5 heteroatoms. The van der Waals surface area contributed by atoms with Gasteiger partial charge in [0.15, 0.2) is 6.19 Å². The second-order valence-corrected chi connectivity index (χ2v) is 2.32. The molecule has 0 bridgehead atoms. The van der Waals surface area contributed by atoms with E-state index in [0.717, 1.165) is 0 Å². The summed E-state index contributed by atoms with van der Waals surface area (Å²) in [6, 6.07) is 0. The summed E-state index contributed by atoms with van der Waals surface area (Å²) in [7, 11) is 0. The SMILES string of the molecule is CC1CN=C(NC#N)NC1=O. The Morgan fingerprint density at radius 1 is 1.91 bits per heavy atom. The quantitative estimate of drug-likeness (QED) is 0.351. The number of hydrogen-bond donors (Lipinski definition) is 2. The third kappa shape index (κ3) is 1.67. The lowest BCUT2D eigenvalue weighted by Crippen LogP contribution is -2.45. The van der Waals surface area contributed by atoms with Gasteiger partial charge in [-0.25, -0.2) is 0 Å². The molecule has 1 unspecified atom stereocenters. The minimum absolute atomic E-state index is 0.0979. The molecular weight excluding hydrogens is 144 g/mol. The van der Waals surface area contributed by atoms with Crippen LogP contribution in [0, 0.1) is 17.4 Å². The van der Waals surface area contributed by atoms with Gasteiger partial charge >= 0.3 is 0 Å². The van der Waals surface area contributed by atoms with Gasteiger partial charge in [0.2, 0.25) is 11.9 Å². The van der Waals surface area contributed by atoms with E-state index in [0.29, 0.717) is 6.54 Å². The van der Waals surface area contributed by atoms with E-state index in [9.17, 15) is 4.79 Å². The van der Waals surface area contributed by atoms with E-state index in [-0.39, 0.29) is 17.8 Å². The van der Waals surface area contributed by atoms with Crippen molar-refractivity contribution in [3.05, 3.63) is 0 Å². The van der Waals surface area contributed by atoms with Crippen molar-refractivity contribution < 1.29 is 4.79 Å². The van der Waals surface area contributed by atoms with E-state index in [4.69, 9.17) is 5.26 Å². The van der Waals surface area contributed by atoms with Crippen LogP contribution in [0.5, 0.6) is 0 Å². The molecule has 0 saturated heterocycles. The molecule has 0 aliphatic carbocycles. The van der Waals surface area contributed by atoms with E-state index in [1.807, 2.05) is 0 Å². The summed E-state index contributed by atoms with van der Waals surface area (Å²) in [5, 5.41) is 12.9. The summed E-state index contributed by atoms with van der Waals surface area (Å²) in [5.41, 5.74) is 0. The molecule has 0 fully saturated rings. The van der Waals surface area contributed by atoms with Crippen LogP contribution in [-0.4, -0.2) is 18.4 Å². The third-order valence-electron chi connectivity index (χ3n) is 1.39. The summed E-state index contributed by atoms with van der Waals surface area (Å²) < 4.78 is 0. The van der Waals surface area contributed by atoms with Gasteiger partial charge in [0.05, 0.1) is 12.5 Å². The minimum Gasteiger partial charge on any atom is -0.296 e. The van der Waals surface area contributed by atoms with Crippen molar-refractivity contribution in [1.82, 2.24) is 10.6 Å². The molecule has 11 heavy (non-hydrogen) atoms. The highest BCUT2D eigenvalue weighted by atomic mass is 16.2. The lowest BCUT2D eigenvalue weighted by molar-refractivity contribution is -0.123. The predicted molar refractivity (Wildman–Crippen MR) is 38.4 cm³/mol. The molecule has 1 atom stereocenters. The highest BCUT2D eigenvalue weighted by molar-refractivity contribution is 6.00. The number of nitriles is 1. The average molecular weight is 152 g/mol. The Morgan fingerprint density at radius 2 is 2.64 bits per heavy atom. The lowest BCUT2D eigenvalue weighted by Gasteiger charge is -2.16. The summed E-state index contributed by atoms with van der Waals surface area (Å²) in [5.74, 6) is 0.0487. The van der Waals surface area contributed by atoms with Gasteiger partial charge in [0, 0.05) is 0 Å². The maximum absolute atomic E-state index is 10.9. The van der Waals surface area contributed by atoms with Crippen molar-refractivity contribution in [2.45, 2.75) is 6.92 Å². The van der Waals surface area contributed by atoms with Gasteiger partial charge in [0.25, 0.3) is 0 Å². The van der Waals surface area contributed by atoms with Crippen molar-refractivity contribution in [1.29, 1.82) is 5.26 Å². The van der Waals surface area contributed by atoms with E-state index < -0.39 is 0 Å². The summed E-state index contributed by atoms with van der Waals surface area (Å²) in [4.78, 5) is 14.8. The Balaban J connectivity index is 2.60. The van der Waals surface area contributed by atoms with Gasteiger partial charge in [-0.05, 0) is 0 Å². The standard InChI is InChI=1S/C6H8N4O/c1-4-2-8-6(9-3-7)10-5(4)11/h4H,2H2,1H3,(H2,8,9,10,11). The second-order valence-electron chi connectivity index (χ2n) is 2.32. The highest BCUT2D eigenvalue weighted by Gasteiger charge is 2.18. The fourth-order valence-corrected chi connectivity index (χ4v) is 0.714. The molecule has 1 aliphatic rings. The fraction of sp³-hybridized carbons (Fsp3) is 0.500.